The van der Waals surface area contributed by atoms with E-state index in [0.29, 0.717) is 32.7 Å². The molecule has 0 radical (unpaired) electrons. The van der Waals surface area contributed by atoms with E-state index in [9.17, 15) is 9.59 Å². The first kappa shape index (κ1) is 24.2. The van der Waals surface area contributed by atoms with E-state index < -0.39 is 0 Å². The molecular formula is C24H32N2O5S. The summed E-state index contributed by atoms with van der Waals surface area (Å²) in [5, 5.41) is 2.07. The number of carbonyl (C=O) groups is 2. The van der Waals surface area contributed by atoms with Crippen molar-refractivity contribution in [3.63, 3.8) is 0 Å². The highest BCUT2D eigenvalue weighted by Crippen LogP contribution is 2.34. The van der Waals surface area contributed by atoms with Crippen LogP contribution >= 0.6 is 11.3 Å². The van der Waals surface area contributed by atoms with Gasteiger partial charge in [-0.1, -0.05) is 18.2 Å². The van der Waals surface area contributed by atoms with Crippen LogP contribution in [0.3, 0.4) is 0 Å². The first-order valence-corrected chi connectivity index (χ1v) is 11.7. The van der Waals surface area contributed by atoms with Crippen molar-refractivity contribution >= 4 is 23.2 Å². The number of benzene rings is 1. The van der Waals surface area contributed by atoms with E-state index in [4.69, 9.17) is 14.2 Å². The molecule has 2 heterocycles. The SMILES string of the molecule is COCCCN(CC(=O)N1CCc2sccc2[C@H]1COc1ccccc1C)C(=O)COC. The predicted octanol–water partition coefficient (Wildman–Crippen LogP) is 3.07. The molecule has 0 fully saturated rings. The average Bonchev–Trinajstić information content (AvgIpc) is 3.27. The van der Waals surface area contributed by atoms with Crippen LogP contribution < -0.4 is 4.74 Å². The summed E-state index contributed by atoms with van der Waals surface area (Å²) in [6, 6.07) is 9.77. The lowest BCUT2D eigenvalue weighted by molar-refractivity contribution is -0.144. The largest absolute Gasteiger partial charge is 0.491 e. The molecule has 2 aromatic rings. The number of carbonyl (C=O) groups excluding carboxylic acids is 2. The molecule has 1 aliphatic heterocycles. The molecule has 7 nitrogen and oxygen atoms in total. The molecule has 3 rings (SSSR count). The van der Waals surface area contributed by atoms with Gasteiger partial charge in [0, 0.05) is 38.8 Å². The molecule has 1 aliphatic rings. The third-order valence-corrected chi connectivity index (χ3v) is 6.63. The molecule has 0 aliphatic carbocycles. The zero-order valence-electron chi connectivity index (χ0n) is 19.0. The molecule has 0 N–H and O–H groups in total. The third kappa shape index (κ3) is 6.09. The smallest absolute Gasteiger partial charge is 0.249 e. The molecule has 0 spiro atoms. The summed E-state index contributed by atoms with van der Waals surface area (Å²) < 4.78 is 16.3. The number of methoxy groups -OCH3 is 2. The van der Waals surface area contributed by atoms with E-state index in [0.717, 1.165) is 23.3 Å². The molecule has 0 saturated carbocycles. The number of aryl methyl sites for hydroxylation is 1. The van der Waals surface area contributed by atoms with Crippen LogP contribution in [0, 0.1) is 6.92 Å². The van der Waals surface area contributed by atoms with E-state index >= 15 is 0 Å². The minimum Gasteiger partial charge on any atom is -0.491 e. The number of amides is 2. The van der Waals surface area contributed by atoms with Crippen molar-refractivity contribution in [2.75, 3.05) is 53.7 Å². The minimum atomic E-state index is -0.196. The van der Waals surface area contributed by atoms with E-state index in [1.807, 2.05) is 36.1 Å². The van der Waals surface area contributed by atoms with Crippen molar-refractivity contribution in [1.82, 2.24) is 9.80 Å². The molecule has 32 heavy (non-hydrogen) atoms. The van der Waals surface area contributed by atoms with Gasteiger partial charge in [0.2, 0.25) is 11.8 Å². The van der Waals surface area contributed by atoms with Crippen molar-refractivity contribution in [1.29, 1.82) is 0 Å². The second-order valence-corrected chi connectivity index (χ2v) is 8.82. The van der Waals surface area contributed by atoms with Gasteiger partial charge in [0.15, 0.2) is 0 Å². The number of hydrogen-bond donors (Lipinski definition) is 0. The second kappa shape index (κ2) is 12.0. The number of hydrogen-bond acceptors (Lipinski definition) is 6. The lowest BCUT2D eigenvalue weighted by Gasteiger charge is -2.37. The van der Waals surface area contributed by atoms with E-state index in [-0.39, 0.29) is 31.0 Å². The van der Waals surface area contributed by atoms with Gasteiger partial charge < -0.3 is 24.0 Å². The maximum Gasteiger partial charge on any atom is 0.249 e. The number of para-hydroxylation sites is 1. The van der Waals surface area contributed by atoms with Gasteiger partial charge in [0.05, 0.1) is 12.6 Å². The fourth-order valence-corrected chi connectivity index (χ4v) is 4.85. The fourth-order valence-electron chi connectivity index (χ4n) is 3.92. The van der Waals surface area contributed by atoms with Gasteiger partial charge in [-0.05, 0) is 48.4 Å². The van der Waals surface area contributed by atoms with Crippen molar-refractivity contribution in [3.05, 3.63) is 51.7 Å². The van der Waals surface area contributed by atoms with Gasteiger partial charge >= 0.3 is 0 Å². The normalized spacial score (nSPS) is 15.3. The summed E-state index contributed by atoms with van der Waals surface area (Å²) in [4.78, 5) is 30.6. The van der Waals surface area contributed by atoms with Crippen LogP contribution in [0.5, 0.6) is 5.75 Å². The Bertz CT molecular complexity index is 900. The van der Waals surface area contributed by atoms with Crippen LogP contribution in [0.4, 0.5) is 0 Å². The van der Waals surface area contributed by atoms with Crippen LogP contribution in [0.25, 0.3) is 0 Å². The molecular weight excluding hydrogens is 428 g/mol. The van der Waals surface area contributed by atoms with Crippen molar-refractivity contribution < 1.29 is 23.8 Å². The summed E-state index contributed by atoms with van der Waals surface area (Å²) in [6.45, 7) is 3.94. The Balaban J connectivity index is 1.74. The standard InChI is InChI=1S/C24H32N2O5S/c1-18-7-4-5-8-21(18)31-16-20-19-10-14-32-22(19)9-12-26(20)23(27)15-25(11-6-13-29-2)24(28)17-30-3/h4-5,7-8,10,14,20H,6,9,11-13,15-17H2,1-3H3/t20-/m1/s1. The van der Waals surface area contributed by atoms with Crippen LogP contribution in [-0.4, -0.2) is 75.3 Å². The number of nitrogens with zero attached hydrogens (tertiary/aromatic N) is 2. The lowest BCUT2D eigenvalue weighted by atomic mass is 10.0. The van der Waals surface area contributed by atoms with Gasteiger partial charge in [-0.15, -0.1) is 11.3 Å². The van der Waals surface area contributed by atoms with Crippen LogP contribution in [-0.2, 0) is 25.5 Å². The van der Waals surface area contributed by atoms with Crippen LogP contribution in [0.15, 0.2) is 35.7 Å². The summed E-state index contributed by atoms with van der Waals surface area (Å²) in [7, 11) is 3.10. The fraction of sp³-hybridized carbons (Fsp3) is 0.500. The van der Waals surface area contributed by atoms with Gasteiger partial charge in [-0.25, -0.2) is 0 Å². The summed E-state index contributed by atoms with van der Waals surface area (Å²) in [5.41, 5.74) is 2.19. The Morgan fingerprint density at radius 1 is 1.19 bits per heavy atom. The van der Waals surface area contributed by atoms with Crippen LogP contribution in [0.2, 0.25) is 0 Å². The Morgan fingerprint density at radius 3 is 2.75 bits per heavy atom. The molecule has 1 atom stereocenters. The number of rotatable bonds is 11. The molecule has 2 amide bonds. The highest BCUT2D eigenvalue weighted by molar-refractivity contribution is 7.10. The number of fused-ring (bicyclic) bond motifs is 1. The van der Waals surface area contributed by atoms with Gasteiger partial charge in [-0.2, -0.15) is 0 Å². The van der Waals surface area contributed by atoms with Crippen molar-refractivity contribution in [2.45, 2.75) is 25.8 Å². The Labute approximate surface area is 193 Å². The zero-order valence-corrected chi connectivity index (χ0v) is 19.9. The number of ether oxygens (including phenoxy) is 3. The van der Waals surface area contributed by atoms with Crippen molar-refractivity contribution in [3.8, 4) is 5.75 Å². The maximum atomic E-state index is 13.4. The highest BCUT2D eigenvalue weighted by atomic mass is 32.1. The first-order chi connectivity index (χ1) is 15.5. The molecule has 0 bridgehead atoms. The summed E-state index contributed by atoms with van der Waals surface area (Å²) in [5.74, 6) is 0.540. The monoisotopic (exact) mass is 460 g/mol. The lowest BCUT2D eigenvalue weighted by Crippen LogP contribution is -2.48. The number of thiophene rings is 1. The molecule has 0 saturated heterocycles. The Kier molecular flexibility index (Phi) is 9.08. The predicted molar refractivity (Wildman–Crippen MR) is 124 cm³/mol. The Morgan fingerprint density at radius 2 is 2.00 bits per heavy atom. The first-order valence-electron chi connectivity index (χ1n) is 10.8. The molecule has 0 unspecified atom stereocenters. The second-order valence-electron chi connectivity index (χ2n) is 7.82. The maximum absolute atomic E-state index is 13.4. The zero-order chi connectivity index (χ0) is 22.9. The molecule has 174 valence electrons. The molecule has 1 aromatic heterocycles. The van der Waals surface area contributed by atoms with E-state index in [2.05, 4.69) is 11.4 Å². The van der Waals surface area contributed by atoms with Gasteiger partial charge in [0.25, 0.3) is 0 Å². The Hall–Kier alpha value is -2.42. The summed E-state index contributed by atoms with van der Waals surface area (Å²) in [6.07, 6.45) is 1.48. The molecule has 1 aromatic carbocycles. The highest BCUT2D eigenvalue weighted by Gasteiger charge is 2.33. The quantitative estimate of drug-likeness (QED) is 0.482. The topological polar surface area (TPSA) is 68.3 Å². The van der Waals surface area contributed by atoms with Crippen molar-refractivity contribution in [2.24, 2.45) is 0 Å². The van der Waals surface area contributed by atoms with Crippen LogP contribution in [0.1, 0.15) is 28.5 Å². The van der Waals surface area contributed by atoms with Gasteiger partial charge in [-0.3, -0.25) is 9.59 Å². The minimum absolute atomic E-state index is 0.0201. The average molecular weight is 461 g/mol. The van der Waals surface area contributed by atoms with E-state index in [1.54, 1.807) is 23.3 Å². The third-order valence-electron chi connectivity index (χ3n) is 5.63. The summed E-state index contributed by atoms with van der Waals surface area (Å²) >= 11 is 1.72. The van der Waals surface area contributed by atoms with Gasteiger partial charge in [0.1, 0.15) is 19.0 Å². The molecule has 8 heteroatoms. The van der Waals surface area contributed by atoms with E-state index in [1.165, 1.54) is 12.0 Å².